The van der Waals surface area contributed by atoms with Crippen molar-refractivity contribution in [3.05, 3.63) is 86.1 Å². The van der Waals surface area contributed by atoms with E-state index in [-0.39, 0.29) is 44.9 Å². The number of aryl methyl sites for hydroxylation is 1. The van der Waals surface area contributed by atoms with Gasteiger partial charge in [-0.3, -0.25) is 19.7 Å². The second-order valence-corrected chi connectivity index (χ2v) is 7.78. The van der Waals surface area contributed by atoms with Crippen LogP contribution in [0, 0.1) is 17.0 Å². The summed E-state index contributed by atoms with van der Waals surface area (Å²) in [6.07, 6.45) is 0. The van der Waals surface area contributed by atoms with E-state index in [9.17, 15) is 19.7 Å². The van der Waals surface area contributed by atoms with Crippen molar-refractivity contribution < 1.29 is 28.3 Å². The van der Waals surface area contributed by atoms with Crippen LogP contribution in [-0.2, 0) is 0 Å². The lowest BCUT2D eigenvalue weighted by molar-refractivity contribution is -0.384. The SMILES string of the molecule is COc1cc2oc(-c3cccc(NC(=O)c4cc([N+](=O)[O-])ccc4C)c3)cc(=O)c2c(OC)c1OC. The number of nitrogens with zero attached hydrogens (tertiary/aromatic N) is 1. The van der Waals surface area contributed by atoms with Gasteiger partial charge in [0.1, 0.15) is 16.7 Å². The molecule has 0 aliphatic carbocycles. The molecule has 10 nitrogen and oxygen atoms in total. The highest BCUT2D eigenvalue weighted by molar-refractivity contribution is 6.06. The van der Waals surface area contributed by atoms with E-state index in [4.69, 9.17) is 18.6 Å². The van der Waals surface area contributed by atoms with E-state index in [0.29, 0.717) is 22.6 Å². The molecule has 0 aliphatic heterocycles. The third kappa shape index (κ3) is 4.43. The van der Waals surface area contributed by atoms with Crippen LogP contribution in [-0.4, -0.2) is 32.2 Å². The first kappa shape index (κ1) is 24.3. The zero-order valence-electron chi connectivity index (χ0n) is 19.9. The number of methoxy groups -OCH3 is 3. The van der Waals surface area contributed by atoms with Gasteiger partial charge in [0.2, 0.25) is 5.75 Å². The van der Waals surface area contributed by atoms with Crippen molar-refractivity contribution >= 4 is 28.3 Å². The van der Waals surface area contributed by atoms with E-state index in [1.807, 2.05) is 0 Å². The number of hydrogen-bond acceptors (Lipinski definition) is 8. The van der Waals surface area contributed by atoms with Crippen LogP contribution in [0.5, 0.6) is 17.2 Å². The van der Waals surface area contributed by atoms with E-state index in [1.54, 1.807) is 31.2 Å². The first-order valence-electron chi connectivity index (χ1n) is 10.7. The second kappa shape index (κ2) is 9.79. The average molecular weight is 490 g/mol. The summed E-state index contributed by atoms with van der Waals surface area (Å²) in [4.78, 5) is 36.4. The summed E-state index contributed by atoms with van der Waals surface area (Å²) in [6.45, 7) is 1.69. The summed E-state index contributed by atoms with van der Waals surface area (Å²) >= 11 is 0. The van der Waals surface area contributed by atoms with E-state index < -0.39 is 10.8 Å². The number of non-ortho nitro benzene ring substituents is 1. The fraction of sp³-hybridized carbons (Fsp3) is 0.154. The molecule has 0 fully saturated rings. The summed E-state index contributed by atoms with van der Waals surface area (Å²) < 4.78 is 22.1. The van der Waals surface area contributed by atoms with Crippen molar-refractivity contribution in [2.45, 2.75) is 6.92 Å². The van der Waals surface area contributed by atoms with Crippen LogP contribution < -0.4 is 25.0 Å². The molecule has 1 aromatic heterocycles. The van der Waals surface area contributed by atoms with Crippen molar-refractivity contribution in [1.82, 2.24) is 0 Å². The van der Waals surface area contributed by atoms with Gasteiger partial charge in [0.25, 0.3) is 11.6 Å². The van der Waals surface area contributed by atoms with Gasteiger partial charge < -0.3 is 23.9 Å². The second-order valence-electron chi connectivity index (χ2n) is 7.78. The van der Waals surface area contributed by atoms with E-state index in [1.165, 1.54) is 51.7 Å². The Morgan fingerprint density at radius 2 is 1.72 bits per heavy atom. The molecular weight excluding hydrogens is 468 g/mol. The molecule has 1 amide bonds. The number of amides is 1. The number of ether oxygens (including phenoxy) is 3. The lowest BCUT2D eigenvalue weighted by Gasteiger charge is -2.14. The van der Waals surface area contributed by atoms with E-state index in [2.05, 4.69) is 5.32 Å². The Labute approximate surface area is 205 Å². The van der Waals surface area contributed by atoms with Gasteiger partial charge in [-0.25, -0.2) is 0 Å². The Kier molecular flexibility index (Phi) is 6.60. The largest absolute Gasteiger partial charge is 0.493 e. The first-order chi connectivity index (χ1) is 17.3. The number of rotatable bonds is 7. The molecule has 184 valence electrons. The Hall–Kier alpha value is -4.86. The topological polar surface area (TPSA) is 130 Å². The minimum absolute atomic E-state index is 0.181. The molecule has 36 heavy (non-hydrogen) atoms. The summed E-state index contributed by atoms with van der Waals surface area (Å²) in [5, 5.41) is 14.0. The lowest BCUT2D eigenvalue weighted by atomic mass is 10.1. The predicted octanol–water partition coefficient (Wildman–Crippen LogP) is 4.95. The molecule has 0 aliphatic rings. The van der Waals surface area contributed by atoms with Gasteiger partial charge in [0.05, 0.1) is 26.3 Å². The number of benzene rings is 3. The highest BCUT2D eigenvalue weighted by Gasteiger charge is 2.21. The van der Waals surface area contributed by atoms with Crippen molar-refractivity contribution in [2.75, 3.05) is 26.6 Å². The smallest absolute Gasteiger partial charge is 0.270 e. The molecule has 3 aromatic carbocycles. The van der Waals surface area contributed by atoms with Crippen LogP contribution in [0.25, 0.3) is 22.3 Å². The number of nitrogens with one attached hydrogen (secondary N) is 1. The maximum absolute atomic E-state index is 13.0. The van der Waals surface area contributed by atoms with Crippen molar-refractivity contribution in [3.63, 3.8) is 0 Å². The van der Waals surface area contributed by atoms with Gasteiger partial charge in [0, 0.05) is 41.1 Å². The highest BCUT2D eigenvalue weighted by atomic mass is 16.6. The van der Waals surface area contributed by atoms with E-state index >= 15 is 0 Å². The molecule has 0 unspecified atom stereocenters. The molecular formula is C26H22N2O8. The summed E-state index contributed by atoms with van der Waals surface area (Å²) in [6, 6.07) is 13.6. The molecule has 10 heteroatoms. The monoisotopic (exact) mass is 490 g/mol. The third-order valence-corrected chi connectivity index (χ3v) is 5.60. The Balaban J connectivity index is 1.73. The van der Waals surface area contributed by atoms with Crippen LogP contribution in [0.4, 0.5) is 11.4 Å². The minimum atomic E-state index is -0.557. The zero-order chi connectivity index (χ0) is 26.0. The Bertz CT molecular complexity index is 1560. The van der Waals surface area contributed by atoms with Crippen LogP contribution in [0.1, 0.15) is 15.9 Å². The molecule has 0 spiro atoms. The summed E-state index contributed by atoms with van der Waals surface area (Å²) in [5.74, 6) is 0.545. The summed E-state index contributed by atoms with van der Waals surface area (Å²) in [5.41, 5.74) is 1.40. The third-order valence-electron chi connectivity index (χ3n) is 5.60. The van der Waals surface area contributed by atoms with Crippen molar-refractivity contribution in [2.24, 2.45) is 0 Å². The Morgan fingerprint density at radius 1 is 0.972 bits per heavy atom. The molecule has 1 heterocycles. The number of carbonyl (C=O) groups is 1. The van der Waals surface area contributed by atoms with E-state index in [0.717, 1.165) is 0 Å². The molecule has 0 saturated heterocycles. The lowest BCUT2D eigenvalue weighted by Crippen LogP contribution is -2.13. The average Bonchev–Trinajstić information content (AvgIpc) is 2.87. The van der Waals surface area contributed by atoms with Gasteiger partial charge >= 0.3 is 0 Å². The molecule has 4 aromatic rings. The number of carbonyl (C=O) groups excluding carboxylic acids is 1. The fourth-order valence-electron chi connectivity index (χ4n) is 3.85. The quantitative estimate of drug-likeness (QED) is 0.284. The molecule has 4 rings (SSSR count). The number of nitro groups is 1. The van der Waals surface area contributed by atoms with Crippen molar-refractivity contribution in [1.29, 1.82) is 0 Å². The highest BCUT2D eigenvalue weighted by Crippen LogP contribution is 2.42. The number of fused-ring (bicyclic) bond motifs is 1. The van der Waals surface area contributed by atoms with Gasteiger partial charge in [-0.15, -0.1) is 0 Å². The van der Waals surface area contributed by atoms with Gasteiger partial charge in [0.15, 0.2) is 16.9 Å². The number of nitro benzene ring substituents is 1. The fourth-order valence-corrected chi connectivity index (χ4v) is 3.85. The molecule has 0 saturated carbocycles. The minimum Gasteiger partial charge on any atom is -0.493 e. The van der Waals surface area contributed by atoms with Crippen LogP contribution in [0.3, 0.4) is 0 Å². The molecule has 1 N–H and O–H groups in total. The number of hydrogen-bond donors (Lipinski definition) is 1. The van der Waals surface area contributed by atoms with Crippen molar-refractivity contribution in [3.8, 4) is 28.6 Å². The molecule has 0 bridgehead atoms. The maximum Gasteiger partial charge on any atom is 0.270 e. The van der Waals surface area contributed by atoms with Crippen LogP contribution >= 0.6 is 0 Å². The standard InChI is InChI=1S/C26H22N2O8/c1-14-8-9-17(28(31)32)11-18(14)26(30)27-16-7-5-6-15(10-16)20-12-19(29)23-21(36-20)13-22(33-2)24(34-3)25(23)35-4/h5-13H,1-4H3,(H,27,30). The normalized spacial score (nSPS) is 10.7. The maximum atomic E-state index is 13.0. The predicted molar refractivity (Wildman–Crippen MR) is 133 cm³/mol. The summed E-state index contributed by atoms with van der Waals surface area (Å²) in [7, 11) is 4.32. The van der Waals surface area contributed by atoms with Gasteiger partial charge in [-0.2, -0.15) is 0 Å². The van der Waals surface area contributed by atoms with Gasteiger partial charge in [-0.05, 0) is 24.6 Å². The Morgan fingerprint density at radius 3 is 2.39 bits per heavy atom. The zero-order valence-corrected chi connectivity index (χ0v) is 19.9. The van der Waals surface area contributed by atoms with Crippen LogP contribution in [0.15, 0.2) is 63.8 Å². The first-order valence-corrected chi connectivity index (χ1v) is 10.7. The number of anilines is 1. The van der Waals surface area contributed by atoms with Gasteiger partial charge in [-0.1, -0.05) is 18.2 Å². The van der Waals surface area contributed by atoms with Crippen LogP contribution in [0.2, 0.25) is 0 Å². The molecule has 0 atom stereocenters. The molecule has 0 radical (unpaired) electrons.